The van der Waals surface area contributed by atoms with Crippen molar-refractivity contribution in [2.24, 2.45) is 0 Å². The lowest BCUT2D eigenvalue weighted by atomic mass is 10.2. The summed E-state index contributed by atoms with van der Waals surface area (Å²) in [5, 5.41) is 3.13. The highest BCUT2D eigenvalue weighted by Gasteiger charge is 2.22. The first-order chi connectivity index (χ1) is 12.9. The Kier molecular flexibility index (Phi) is 5.76. The summed E-state index contributed by atoms with van der Waals surface area (Å²) in [5.74, 6) is 0.246. The zero-order valence-corrected chi connectivity index (χ0v) is 16.7. The van der Waals surface area contributed by atoms with Gasteiger partial charge in [-0.3, -0.25) is 10.1 Å². The van der Waals surface area contributed by atoms with E-state index in [4.69, 9.17) is 4.74 Å². The molecule has 0 unspecified atom stereocenters. The van der Waals surface area contributed by atoms with Crippen LogP contribution in [0.2, 0.25) is 0 Å². The van der Waals surface area contributed by atoms with Crippen molar-refractivity contribution >= 4 is 42.4 Å². The molecule has 0 radical (unpaired) electrons. The molecule has 1 aromatic heterocycles. The van der Waals surface area contributed by atoms with Crippen molar-refractivity contribution in [1.29, 1.82) is 0 Å². The maximum atomic E-state index is 12.7. The number of aromatic nitrogens is 1. The Morgan fingerprint density at radius 1 is 1.19 bits per heavy atom. The van der Waals surface area contributed by atoms with Gasteiger partial charge in [-0.05, 0) is 43.7 Å². The van der Waals surface area contributed by atoms with Crippen LogP contribution in [0.25, 0.3) is 10.2 Å². The van der Waals surface area contributed by atoms with Crippen molar-refractivity contribution in [2.75, 3.05) is 17.7 Å². The van der Waals surface area contributed by atoms with Gasteiger partial charge in [0.2, 0.25) is 0 Å². The number of benzene rings is 2. The summed E-state index contributed by atoms with van der Waals surface area (Å²) >= 11 is 1.31. The minimum atomic E-state index is -3.51. The van der Waals surface area contributed by atoms with Crippen molar-refractivity contribution in [2.45, 2.75) is 25.2 Å². The second kappa shape index (κ2) is 8.06. The van der Waals surface area contributed by atoms with E-state index in [-0.39, 0.29) is 16.2 Å². The molecule has 1 N–H and O–H groups in total. The second-order valence-electron chi connectivity index (χ2n) is 5.85. The average molecular weight is 405 g/mol. The third kappa shape index (κ3) is 4.28. The Labute approximate surface area is 162 Å². The number of hydrogen-bond acceptors (Lipinski definition) is 6. The Bertz CT molecular complexity index is 1070. The number of fused-ring (bicyclic) bond motifs is 1. The molecule has 3 aromatic rings. The first kappa shape index (κ1) is 19.3. The van der Waals surface area contributed by atoms with Gasteiger partial charge in [-0.1, -0.05) is 30.4 Å². The summed E-state index contributed by atoms with van der Waals surface area (Å²) in [6.45, 7) is 4.27. The van der Waals surface area contributed by atoms with Crippen molar-refractivity contribution in [3.05, 3.63) is 48.0 Å². The van der Waals surface area contributed by atoms with Crippen LogP contribution < -0.4 is 10.1 Å². The zero-order valence-electron chi connectivity index (χ0n) is 15.1. The van der Waals surface area contributed by atoms with Crippen molar-refractivity contribution < 1.29 is 17.9 Å². The summed E-state index contributed by atoms with van der Waals surface area (Å²) in [4.78, 5) is 17.1. The number of ether oxygens (including phenoxy) is 1. The second-order valence-corrected chi connectivity index (χ2v) is 8.96. The van der Waals surface area contributed by atoms with Crippen LogP contribution in [0.4, 0.5) is 5.13 Å². The van der Waals surface area contributed by atoms with Crippen LogP contribution >= 0.6 is 11.3 Å². The molecule has 0 bridgehead atoms. The minimum absolute atomic E-state index is 0.00135. The molecule has 1 heterocycles. The van der Waals surface area contributed by atoms with E-state index in [1.54, 1.807) is 19.1 Å². The molecule has 3 rings (SSSR count). The number of amides is 1. The van der Waals surface area contributed by atoms with Crippen LogP contribution in [0.15, 0.2) is 47.4 Å². The van der Waals surface area contributed by atoms with Gasteiger partial charge in [0.1, 0.15) is 5.75 Å². The Balaban J connectivity index is 1.89. The zero-order chi connectivity index (χ0) is 19.4. The molecule has 2 aromatic carbocycles. The molecule has 0 aliphatic carbocycles. The summed E-state index contributed by atoms with van der Waals surface area (Å²) < 4.78 is 31.2. The first-order valence-electron chi connectivity index (χ1n) is 8.61. The van der Waals surface area contributed by atoms with Crippen LogP contribution in [0.5, 0.6) is 5.75 Å². The fraction of sp³-hybridized carbons (Fsp3) is 0.263. The van der Waals surface area contributed by atoms with E-state index in [0.717, 1.165) is 16.0 Å². The van der Waals surface area contributed by atoms with Crippen LogP contribution in [-0.4, -0.2) is 31.7 Å². The molecule has 0 aliphatic rings. The summed E-state index contributed by atoms with van der Waals surface area (Å²) in [6, 6.07) is 11.8. The quantitative estimate of drug-likeness (QED) is 0.640. The Hall–Kier alpha value is -2.45. The SMILES string of the molecule is CCCS(=O)(=O)c1ccccc1C(=O)Nc1nc2ccc(OCC)cc2s1. The van der Waals surface area contributed by atoms with E-state index in [9.17, 15) is 13.2 Å². The van der Waals surface area contributed by atoms with Crippen LogP contribution in [0, 0.1) is 0 Å². The van der Waals surface area contributed by atoms with Gasteiger partial charge in [-0.25, -0.2) is 13.4 Å². The van der Waals surface area contributed by atoms with Gasteiger partial charge >= 0.3 is 0 Å². The van der Waals surface area contributed by atoms with Crippen molar-refractivity contribution in [1.82, 2.24) is 4.98 Å². The normalized spacial score (nSPS) is 11.5. The number of nitrogens with one attached hydrogen (secondary N) is 1. The summed E-state index contributed by atoms with van der Waals surface area (Å²) in [7, 11) is -3.51. The van der Waals surface area contributed by atoms with Gasteiger partial charge in [-0.15, -0.1) is 0 Å². The van der Waals surface area contributed by atoms with E-state index in [0.29, 0.717) is 18.2 Å². The average Bonchev–Trinajstić information content (AvgIpc) is 3.03. The van der Waals surface area contributed by atoms with Gasteiger partial charge in [0.25, 0.3) is 5.91 Å². The number of nitrogens with zero attached hydrogens (tertiary/aromatic N) is 1. The predicted molar refractivity (Wildman–Crippen MR) is 108 cm³/mol. The molecule has 8 heteroatoms. The van der Waals surface area contributed by atoms with E-state index in [2.05, 4.69) is 10.3 Å². The lowest BCUT2D eigenvalue weighted by molar-refractivity contribution is 0.102. The highest BCUT2D eigenvalue weighted by atomic mass is 32.2. The van der Waals surface area contributed by atoms with Gasteiger partial charge in [0.05, 0.1) is 33.0 Å². The predicted octanol–water partition coefficient (Wildman–Crippen LogP) is 4.13. The number of carbonyl (C=O) groups excluding carboxylic acids is 1. The molecule has 6 nitrogen and oxygen atoms in total. The monoisotopic (exact) mass is 404 g/mol. The molecule has 0 saturated heterocycles. The maximum Gasteiger partial charge on any atom is 0.258 e. The molecular formula is C19H20N2O4S2. The van der Waals surface area contributed by atoms with E-state index in [1.165, 1.54) is 23.5 Å². The number of rotatable bonds is 7. The van der Waals surface area contributed by atoms with Crippen LogP contribution in [0.1, 0.15) is 30.6 Å². The summed E-state index contributed by atoms with van der Waals surface area (Å²) in [5.41, 5.74) is 0.867. The van der Waals surface area contributed by atoms with Gasteiger partial charge in [0, 0.05) is 0 Å². The van der Waals surface area contributed by atoms with Crippen LogP contribution in [0.3, 0.4) is 0 Å². The highest BCUT2D eigenvalue weighted by Crippen LogP contribution is 2.30. The van der Waals surface area contributed by atoms with Crippen LogP contribution in [-0.2, 0) is 9.84 Å². The number of anilines is 1. The van der Waals surface area contributed by atoms with Crippen molar-refractivity contribution in [3.63, 3.8) is 0 Å². The smallest absolute Gasteiger partial charge is 0.258 e. The largest absolute Gasteiger partial charge is 0.494 e. The molecular weight excluding hydrogens is 384 g/mol. The molecule has 27 heavy (non-hydrogen) atoms. The molecule has 0 spiro atoms. The highest BCUT2D eigenvalue weighted by molar-refractivity contribution is 7.91. The van der Waals surface area contributed by atoms with Gasteiger partial charge in [-0.2, -0.15) is 0 Å². The Morgan fingerprint density at radius 2 is 1.96 bits per heavy atom. The lowest BCUT2D eigenvalue weighted by Crippen LogP contribution is -2.17. The third-order valence-electron chi connectivity index (χ3n) is 3.83. The lowest BCUT2D eigenvalue weighted by Gasteiger charge is -2.09. The standard InChI is InChI=1S/C19H20N2O4S2/c1-3-11-27(23,24)17-8-6-5-7-14(17)18(22)21-19-20-15-10-9-13(25-4-2)12-16(15)26-19/h5-10,12H,3-4,11H2,1-2H3,(H,20,21,22). The molecule has 0 aliphatic heterocycles. The van der Waals surface area contributed by atoms with Crippen molar-refractivity contribution in [3.8, 4) is 5.75 Å². The molecule has 0 atom stereocenters. The topological polar surface area (TPSA) is 85.4 Å². The molecule has 0 saturated carbocycles. The van der Waals surface area contributed by atoms with E-state index >= 15 is 0 Å². The van der Waals surface area contributed by atoms with Gasteiger partial charge < -0.3 is 4.74 Å². The third-order valence-corrected chi connectivity index (χ3v) is 6.74. The fourth-order valence-electron chi connectivity index (χ4n) is 2.68. The van der Waals surface area contributed by atoms with E-state index in [1.807, 2.05) is 25.1 Å². The molecule has 1 amide bonds. The van der Waals surface area contributed by atoms with E-state index < -0.39 is 15.7 Å². The number of hydrogen-bond donors (Lipinski definition) is 1. The molecule has 0 fully saturated rings. The summed E-state index contributed by atoms with van der Waals surface area (Å²) in [6.07, 6.45) is 0.484. The fourth-order valence-corrected chi connectivity index (χ4v) is 5.11. The number of sulfone groups is 1. The number of carbonyl (C=O) groups is 1. The number of thiazole rings is 1. The minimum Gasteiger partial charge on any atom is -0.494 e. The maximum absolute atomic E-state index is 12.7. The molecule has 142 valence electrons. The van der Waals surface area contributed by atoms with Gasteiger partial charge in [0.15, 0.2) is 15.0 Å². The first-order valence-corrected chi connectivity index (χ1v) is 11.1. The Morgan fingerprint density at radius 3 is 2.70 bits per heavy atom.